The molecular weight excluding hydrogens is 250 g/mol. The zero-order chi connectivity index (χ0) is 14.0. The van der Waals surface area contributed by atoms with Gasteiger partial charge in [-0.2, -0.15) is 0 Å². The van der Waals surface area contributed by atoms with Crippen LogP contribution in [-0.4, -0.2) is 26.2 Å². The molecule has 0 radical (unpaired) electrons. The molecule has 0 spiro atoms. The second-order valence-corrected chi connectivity index (χ2v) is 6.24. The van der Waals surface area contributed by atoms with Gasteiger partial charge in [-0.1, -0.05) is 32.8 Å². The van der Waals surface area contributed by atoms with Crippen molar-refractivity contribution in [1.29, 1.82) is 0 Å². The van der Waals surface area contributed by atoms with Crippen LogP contribution in [0.25, 0.3) is 5.69 Å². The van der Waals surface area contributed by atoms with Gasteiger partial charge in [-0.05, 0) is 46.9 Å². The molecule has 1 N–H and O–H groups in total. The number of rotatable bonds is 3. The Morgan fingerprint density at radius 2 is 2.20 bits per heavy atom. The van der Waals surface area contributed by atoms with Crippen LogP contribution in [0.4, 0.5) is 5.69 Å². The Morgan fingerprint density at radius 3 is 2.95 bits per heavy atom. The smallest absolute Gasteiger partial charge is 0.143 e. The lowest BCUT2D eigenvalue weighted by Gasteiger charge is -2.39. The number of tetrazole rings is 1. The van der Waals surface area contributed by atoms with Crippen molar-refractivity contribution in [2.24, 2.45) is 5.41 Å². The minimum atomic E-state index is 0.350. The highest BCUT2D eigenvalue weighted by atomic mass is 15.5. The van der Waals surface area contributed by atoms with Gasteiger partial charge in [0.15, 0.2) is 0 Å². The van der Waals surface area contributed by atoms with Crippen LogP contribution in [0, 0.1) is 5.41 Å². The zero-order valence-corrected chi connectivity index (χ0v) is 12.1. The molecule has 0 saturated heterocycles. The number of nitrogens with zero attached hydrogens (tertiary/aromatic N) is 4. The summed E-state index contributed by atoms with van der Waals surface area (Å²) in [7, 11) is 0. The summed E-state index contributed by atoms with van der Waals surface area (Å²) in [5.41, 5.74) is 2.47. The quantitative estimate of drug-likeness (QED) is 0.932. The number of benzene rings is 1. The Balaban J connectivity index is 1.79. The van der Waals surface area contributed by atoms with Gasteiger partial charge in [0, 0.05) is 11.7 Å². The van der Waals surface area contributed by atoms with Gasteiger partial charge in [-0.25, -0.2) is 4.68 Å². The van der Waals surface area contributed by atoms with E-state index in [1.807, 2.05) is 12.1 Å². The first-order chi connectivity index (χ1) is 9.65. The molecule has 1 heterocycles. The molecule has 0 bridgehead atoms. The monoisotopic (exact) mass is 271 g/mol. The Kier molecular flexibility index (Phi) is 3.42. The van der Waals surface area contributed by atoms with Gasteiger partial charge in [0.05, 0.1) is 5.69 Å². The molecule has 5 nitrogen and oxygen atoms in total. The van der Waals surface area contributed by atoms with Crippen molar-refractivity contribution in [3.8, 4) is 5.69 Å². The lowest BCUT2D eigenvalue weighted by atomic mass is 9.73. The summed E-state index contributed by atoms with van der Waals surface area (Å²) in [6.07, 6.45) is 6.80. The lowest BCUT2D eigenvalue weighted by Crippen LogP contribution is -2.38. The third kappa shape index (κ3) is 2.66. The summed E-state index contributed by atoms with van der Waals surface area (Å²) in [5, 5.41) is 15.0. The molecule has 20 heavy (non-hydrogen) atoms. The normalized spacial score (nSPS) is 21.6. The Morgan fingerprint density at radius 1 is 1.30 bits per heavy atom. The molecule has 1 aliphatic rings. The maximum absolute atomic E-state index is 3.93. The predicted octanol–water partition coefficient (Wildman–Crippen LogP) is 3.04. The molecule has 1 saturated carbocycles. The van der Waals surface area contributed by atoms with Crippen molar-refractivity contribution in [2.75, 3.05) is 5.32 Å². The molecule has 106 valence electrons. The van der Waals surface area contributed by atoms with Crippen LogP contribution >= 0.6 is 0 Å². The van der Waals surface area contributed by atoms with E-state index in [1.54, 1.807) is 11.0 Å². The van der Waals surface area contributed by atoms with E-state index in [0.29, 0.717) is 11.5 Å². The summed E-state index contributed by atoms with van der Waals surface area (Å²) in [6, 6.07) is 8.78. The number of hydrogen-bond acceptors (Lipinski definition) is 4. The van der Waals surface area contributed by atoms with E-state index in [9.17, 15) is 0 Å². The van der Waals surface area contributed by atoms with Crippen LogP contribution in [0.5, 0.6) is 0 Å². The van der Waals surface area contributed by atoms with Crippen LogP contribution in [0.3, 0.4) is 0 Å². The fourth-order valence-corrected chi connectivity index (χ4v) is 2.98. The molecule has 1 fully saturated rings. The lowest BCUT2D eigenvalue weighted by molar-refractivity contribution is 0.217. The zero-order valence-electron chi connectivity index (χ0n) is 12.1. The van der Waals surface area contributed by atoms with Crippen molar-refractivity contribution in [1.82, 2.24) is 20.2 Å². The third-order valence-corrected chi connectivity index (χ3v) is 4.31. The van der Waals surface area contributed by atoms with Crippen LogP contribution in [0.2, 0.25) is 0 Å². The van der Waals surface area contributed by atoms with E-state index in [-0.39, 0.29) is 0 Å². The van der Waals surface area contributed by atoms with E-state index < -0.39 is 0 Å². The van der Waals surface area contributed by atoms with Crippen LogP contribution in [0.15, 0.2) is 30.6 Å². The molecule has 1 aromatic heterocycles. The minimum Gasteiger partial charge on any atom is -0.382 e. The first-order valence-corrected chi connectivity index (χ1v) is 7.25. The molecule has 1 aliphatic carbocycles. The minimum absolute atomic E-state index is 0.350. The third-order valence-electron chi connectivity index (χ3n) is 4.31. The standard InChI is InChI=1S/C15H21N5/c1-15(2)9-4-3-8-14(15)17-12-6-5-7-13(10-12)20-11-16-18-19-20/h5-7,10-11,14,17H,3-4,8-9H2,1-2H3. The second kappa shape index (κ2) is 5.23. The maximum atomic E-state index is 3.93. The molecule has 1 unspecified atom stereocenters. The Bertz CT molecular complexity index is 561. The van der Waals surface area contributed by atoms with E-state index in [4.69, 9.17) is 0 Å². The summed E-state index contributed by atoms with van der Waals surface area (Å²) in [5.74, 6) is 0. The van der Waals surface area contributed by atoms with Gasteiger partial charge in [-0.15, -0.1) is 5.10 Å². The molecule has 1 aromatic carbocycles. The average Bonchev–Trinajstić information content (AvgIpc) is 2.96. The van der Waals surface area contributed by atoms with Crippen LogP contribution in [0.1, 0.15) is 39.5 Å². The van der Waals surface area contributed by atoms with Gasteiger partial charge in [0.2, 0.25) is 0 Å². The summed E-state index contributed by atoms with van der Waals surface area (Å²) >= 11 is 0. The highest BCUT2D eigenvalue weighted by Crippen LogP contribution is 2.37. The van der Waals surface area contributed by atoms with Gasteiger partial charge in [0.1, 0.15) is 6.33 Å². The van der Waals surface area contributed by atoms with E-state index in [2.05, 4.69) is 46.8 Å². The number of anilines is 1. The van der Waals surface area contributed by atoms with Crippen LogP contribution in [-0.2, 0) is 0 Å². The molecule has 2 aromatic rings. The second-order valence-electron chi connectivity index (χ2n) is 6.24. The van der Waals surface area contributed by atoms with Gasteiger partial charge >= 0.3 is 0 Å². The van der Waals surface area contributed by atoms with Gasteiger partial charge in [-0.3, -0.25) is 0 Å². The van der Waals surface area contributed by atoms with Crippen molar-refractivity contribution in [3.05, 3.63) is 30.6 Å². The SMILES string of the molecule is CC1(C)CCCCC1Nc1cccc(-n2cnnn2)c1. The fourth-order valence-electron chi connectivity index (χ4n) is 2.98. The van der Waals surface area contributed by atoms with Crippen molar-refractivity contribution in [3.63, 3.8) is 0 Å². The summed E-state index contributed by atoms with van der Waals surface area (Å²) < 4.78 is 1.68. The van der Waals surface area contributed by atoms with E-state index >= 15 is 0 Å². The highest BCUT2D eigenvalue weighted by molar-refractivity contribution is 5.51. The number of nitrogens with one attached hydrogen (secondary N) is 1. The number of hydrogen-bond donors (Lipinski definition) is 1. The first-order valence-electron chi connectivity index (χ1n) is 7.25. The molecule has 0 aliphatic heterocycles. The molecule has 3 rings (SSSR count). The number of aromatic nitrogens is 4. The molecular formula is C15H21N5. The van der Waals surface area contributed by atoms with Crippen molar-refractivity contribution < 1.29 is 0 Å². The van der Waals surface area contributed by atoms with Crippen molar-refractivity contribution >= 4 is 5.69 Å². The Labute approximate surface area is 119 Å². The Hall–Kier alpha value is -1.91. The molecule has 5 heteroatoms. The van der Waals surface area contributed by atoms with Crippen LogP contribution < -0.4 is 5.32 Å². The van der Waals surface area contributed by atoms with Crippen molar-refractivity contribution in [2.45, 2.75) is 45.6 Å². The van der Waals surface area contributed by atoms with Gasteiger partial charge < -0.3 is 5.32 Å². The average molecular weight is 271 g/mol. The fraction of sp³-hybridized carbons (Fsp3) is 0.533. The largest absolute Gasteiger partial charge is 0.382 e. The van der Waals surface area contributed by atoms with Gasteiger partial charge in [0.25, 0.3) is 0 Å². The maximum Gasteiger partial charge on any atom is 0.143 e. The highest BCUT2D eigenvalue weighted by Gasteiger charge is 2.31. The first kappa shape index (κ1) is 13.1. The predicted molar refractivity (Wildman–Crippen MR) is 78.8 cm³/mol. The summed E-state index contributed by atoms with van der Waals surface area (Å²) in [6.45, 7) is 4.71. The topological polar surface area (TPSA) is 55.6 Å². The van der Waals surface area contributed by atoms with E-state index in [1.165, 1.54) is 25.7 Å². The van der Waals surface area contributed by atoms with E-state index in [0.717, 1.165) is 11.4 Å². The molecule has 0 amide bonds. The summed E-state index contributed by atoms with van der Waals surface area (Å²) in [4.78, 5) is 0. The molecule has 1 atom stereocenters.